The zero-order chi connectivity index (χ0) is 17.1. The van der Waals surface area contributed by atoms with Gasteiger partial charge in [-0.3, -0.25) is 9.89 Å². The van der Waals surface area contributed by atoms with E-state index in [0.717, 1.165) is 11.3 Å². The van der Waals surface area contributed by atoms with Crippen molar-refractivity contribution in [3.05, 3.63) is 47.3 Å². The van der Waals surface area contributed by atoms with E-state index in [2.05, 4.69) is 14.9 Å². The number of carbonyl (C=O) groups excluding carboxylic acids is 1. The number of hydrogen-bond donors (Lipinski definition) is 1. The van der Waals surface area contributed by atoms with Crippen LogP contribution >= 0.6 is 0 Å². The minimum absolute atomic E-state index is 0.0894. The van der Waals surface area contributed by atoms with E-state index in [4.69, 9.17) is 4.74 Å². The van der Waals surface area contributed by atoms with Crippen LogP contribution < -0.4 is 4.74 Å². The van der Waals surface area contributed by atoms with E-state index in [-0.39, 0.29) is 17.8 Å². The molecule has 2 aromatic rings. The number of halogens is 2. The number of nitrogens with zero attached hydrogens (tertiary/aromatic N) is 2. The van der Waals surface area contributed by atoms with Gasteiger partial charge in [0, 0.05) is 12.2 Å². The first-order valence-corrected chi connectivity index (χ1v) is 7.50. The van der Waals surface area contributed by atoms with Gasteiger partial charge in [-0.2, -0.15) is 13.9 Å². The molecule has 1 aliphatic heterocycles. The predicted molar refractivity (Wildman–Crippen MR) is 81.0 cm³/mol. The molecular weight excluding hydrogens is 320 g/mol. The first-order valence-electron chi connectivity index (χ1n) is 7.50. The van der Waals surface area contributed by atoms with Crippen molar-refractivity contribution in [2.24, 2.45) is 0 Å². The smallest absolute Gasteiger partial charge is 0.387 e. The number of aromatic nitrogens is 2. The largest absolute Gasteiger partial charge is 0.435 e. The summed E-state index contributed by atoms with van der Waals surface area (Å²) < 4.78 is 34.4. The zero-order valence-electron chi connectivity index (χ0n) is 13.0. The second kappa shape index (κ2) is 6.96. The molecule has 8 heteroatoms. The van der Waals surface area contributed by atoms with Crippen LogP contribution in [0.4, 0.5) is 8.78 Å². The second-order valence-corrected chi connectivity index (χ2v) is 5.47. The minimum atomic E-state index is -2.85. The van der Waals surface area contributed by atoms with Gasteiger partial charge in [-0.05, 0) is 24.6 Å². The molecule has 1 amide bonds. The molecule has 2 heterocycles. The number of ether oxygens (including phenoxy) is 2. The van der Waals surface area contributed by atoms with Crippen molar-refractivity contribution in [3.8, 4) is 5.75 Å². The van der Waals surface area contributed by atoms with Gasteiger partial charge in [0.2, 0.25) is 0 Å². The molecule has 0 bridgehead atoms. The molecule has 1 atom stereocenters. The van der Waals surface area contributed by atoms with E-state index >= 15 is 0 Å². The van der Waals surface area contributed by atoms with E-state index in [0.29, 0.717) is 25.3 Å². The van der Waals surface area contributed by atoms with Gasteiger partial charge in [0.05, 0.1) is 24.9 Å². The zero-order valence-corrected chi connectivity index (χ0v) is 13.0. The van der Waals surface area contributed by atoms with Gasteiger partial charge in [0.15, 0.2) is 0 Å². The Morgan fingerprint density at radius 2 is 2.17 bits per heavy atom. The summed E-state index contributed by atoms with van der Waals surface area (Å²) in [6.07, 6.45) is 1.20. The Kier molecular flexibility index (Phi) is 4.75. The lowest BCUT2D eigenvalue weighted by atomic mass is 10.1. The number of H-pyrrole nitrogens is 1. The van der Waals surface area contributed by atoms with Crippen molar-refractivity contribution < 1.29 is 23.0 Å². The number of aryl methyl sites for hydroxylation is 1. The number of hydrogen-bond acceptors (Lipinski definition) is 4. The molecule has 6 nitrogen and oxygen atoms in total. The normalized spacial score (nSPS) is 18.0. The fourth-order valence-electron chi connectivity index (χ4n) is 2.64. The third-order valence-electron chi connectivity index (χ3n) is 3.89. The van der Waals surface area contributed by atoms with Crippen molar-refractivity contribution >= 4 is 5.91 Å². The highest BCUT2D eigenvalue weighted by atomic mass is 19.3. The van der Waals surface area contributed by atoms with Gasteiger partial charge < -0.3 is 14.4 Å². The number of amides is 1. The van der Waals surface area contributed by atoms with Gasteiger partial charge >= 0.3 is 6.61 Å². The third kappa shape index (κ3) is 3.53. The number of alkyl halides is 2. The molecule has 0 radical (unpaired) electrons. The molecule has 1 saturated heterocycles. The van der Waals surface area contributed by atoms with Crippen molar-refractivity contribution in [2.75, 3.05) is 19.7 Å². The van der Waals surface area contributed by atoms with Crippen LogP contribution in [-0.4, -0.2) is 47.3 Å². The Morgan fingerprint density at radius 3 is 2.79 bits per heavy atom. The summed E-state index contributed by atoms with van der Waals surface area (Å²) in [5, 5.41) is 6.62. The maximum absolute atomic E-state index is 12.5. The number of carbonyl (C=O) groups is 1. The van der Waals surface area contributed by atoms with Crippen molar-refractivity contribution in [2.45, 2.75) is 19.6 Å². The minimum Gasteiger partial charge on any atom is -0.435 e. The highest BCUT2D eigenvalue weighted by Gasteiger charge is 2.27. The van der Waals surface area contributed by atoms with Gasteiger partial charge in [-0.15, -0.1) is 0 Å². The highest BCUT2D eigenvalue weighted by Crippen LogP contribution is 2.26. The van der Waals surface area contributed by atoms with E-state index in [1.165, 1.54) is 18.3 Å². The molecule has 1 aromatic heterocycles. The van der Waals surface area contributed by atoms with Gasteiger partial charge in [0.1, 0.15) is 11.9 Å². The SMILES string of the molecule is Cc1[nH]ncc1C(=O)N1CCO[C@H](c2ccc(OC(F)F)cc2)C1. The summed E-state index contributed by atoms with van der Waals surface area (Å²) in [7, 11) is 0. The van der Waals surface area contributed by atoms with Crippen molar-refractivity contribution in [3.63, 3.8) is 0 Å². The molecule has 128 valence electrons. The van der Waals surface area contributed by atoms with E-state index in [9.17, 15) is 13.6 Å². The average molecular weight is 337 g/mol. The molecule has 0 aliphatic carbocycles. The second-order valence-electron chi connectivity index (χ2n) is 5.47. The number of morpholine rings is 1. The van der Waals surface area contributed by atoms with Crippen LogP contribution in [0.5, 0.6) is 5.75 Å². The summed E-state index contributed by atoms with van der Waals surface area (Å²) in [4.78, 5) is 14.2. The Labute approximate surface area is 137 Å². The van der Waals surface area contributed by atoms with Gasteiger partial charge in [-0.25, -0.2) is 0 Å². The van der Waals surface area contributed by atoms with Crippen molar-refractivity contribution in [1.29, 1.82) is 0 Å². The summed E-state index contributed by atoms with van der Waals surface area (Å²) in [6.45, 7) is 0.223. The fraction of sp³-hybridized carbons (Fsp3) is 0.375. The fourth-order valence-corrected chi connectivity index (χ4v) is 2.64. The molecule has 0 spiro atoms. The van der Waals surface area contributed by atoms with E-state index in [1.54, 1.807) is 24.0 Å². The highest BCUT2D eigenvalue weighted by molar-refractivity contribution is 5.95. The Hall–Kier alpha value is -2.48. The molecule has 1 N–H and O–H groups in total. The quantitative estimate of drug-likeness (QED) is 0.931. The molecule has 3 rings (SSSR count). The molecule has 1 aliphatic rings. The lowest BCUT2D eigenvalue weighted by Crippen LogP contribution is -2.42. The summed E-state index contributed by atoms with van der Waals surface area (Å²) in [6, 6.07) is 6.26. The Balaban J connectivity index is 1.69. The first kappa shape index (κ1) is 16.4. The topological polar surface area (TPSA) is 67.5 Å². The lowest BCUT2D eigenvalue weighted by Gasteiger charge is -2.33. The lowest BCUT2D eigenvalue weighted by molar-refractivity contribution is -0.0499. The number of rotatable bonds is 4. The van der Waals surface area contributed by atoms with Crippen LogP contribution in [0.3, 0.4) is 0 Å². The van der Waals surface area contributed by atoms with E-state index < -0.39 is 6.61 Å². The first-order chi connectivity index (χ1) is 11.5. The number of nitrogens with one attached hydrogen (secondary N) is 1. The van der Waals surface area contributed by atoms with Gasteiger partial charge in [0.25, 0.3) is 5.91 Å². The number of benzene rings is 1. The average Bonchev–Trinajstić information content (AvgIpc) is 3.00. The standard InChI is InChI=1S/C16H17F2N3O3/c1-10-13(8-19-20-10)15(22)21-6-7-23-14(9-21)11-2-4-12(5-3-11)24-16(17)18/h2-5,8,14,16H,6-7,9H2,1H3,(H,19,20)/t14-/m0/s1. The third-order valence-corrected chi connectivity index (χ3v) is 3.89. The Morgan fingerprint density at radius 1 is 1.42 bits per heavy atom. The summed E-state index contributed by atoms with van der Waals surface area (Å²) >= 11 is 0. The maximum atomic E-state index is 12.5. The molecule has 1 fully saturated rings. The van der Waals surface area contributed by atoms with Gasteiger partial charge in [-0.1, -0.05) is 12.1 Å². The summed E-state index contributed by atoms with van der Waals surface area (Å²) in [5.41, 5.74) is 2.06. The van der Waals surface area contributed by atoms with Crippen LogP contribution in [0.1, 0.15) is 27.7 Å². The van der Waals surface area contributed by atoms with Crippen LogP contribution in [0.2, 0.25) is 0 Å². The maximum Gasteiger partial charge on any atom is 0.387 e. The molecule has 1 aromatic carbocycles. The summed E-state index contributed by atoms with van der Waals surface area (Å²) in [5.74, 6) is -0.0151. The molecule has 24 heavy (non-hydrogen) atoms. The van der Waals surface area contributed by atoms with Crippen molar-refractivity contribution in [1.82, 2.24) is 15.1 Å². The van der Waals surface area contributed by atoms with Crippen LogP contribution in [0.15, 0.2) is 30.5 Å². The van der Waals surface area contributed by atoms with Crippen LogP contribution in [-0.2, 0) is 4.74 Å². The van der Waals surface area contributed by atoms with E-state index in [1.807, 2.05) is 0 Å². The predicted octanol–water partition coefficient (Wildman–Crippen LogP) is 2.53. The molecule has 0 unspecified atom stereocenters. The molecule has 0 saturated carbocycles. The number of aromatic amines is 1. The van der Waals surface area contributed by atoms with Crippen LogP contribution in [0.25, 0.3) is 0 Å². The monoisotopic (exact) mass is 337 g/mol. The van der Waals surface area contributed by atoms with Crippen LogP contribution in [0, 0.1) is 6.92 Å². The Bertz CT molecular complexity index is 703. The molecular formula is C16H17F2N3O3.